The van der Waals surface area contributed by atoms with E-state index in [2.05, 4.69) is 0 Å². The quantitative estimate of drug-likeness (QED) is 0.726. The van der Waals surface area contributed by atoms with Crippen LogP contribution in [0.4, 0.5) is 5.69 Å². The van der Waals surface area contributed by atoms with Gasteiger partial charge in [0.25, 0.3) is 0 Å². The van der Waals surface area contributed by atoms with Crippen LogP contribution in [-0.2, 0) is 9.59 Å². The largest absolute Gasteiger partial charge is 0.310 e. The average Bonchev–Trinajstić information content (AvgIpc) is 2.19. The lowest BCUT2D eigenvalue weighted by Gasteiger charge is -2.26. The Morgan fingerprint density at radius 2 is 1.94 bits per heavy atom. The van der Waals surface area contributed by atoms with Crippen LogP contribution in [0, 0.1) is 0 Å². The van der Waals surface area contributed by atoms with E-state index in [1.165, 1.54) is 4.90 Å². The Hall–Kier alpha value is -1.06. The summed E-state index contributed by atoms with van der Waals surface area (Å²) in [4.78, 5) is 24.3. The van der Waals surface area contributed by atoms with E-state index in [0.29, 0.717) is 28.7 Å². The highest BCUT2D eigenvalue weighted by Gasteiger charge is 2.26. The van der Waals surface area contributed by atoms with E-state index in [0.717, 1.165) is 0 Å². The summed E-state index contributed by atoms with van der Waals surface area (Å²) in [5.41, 5.74) is 0.614. The highest BCUT2D eigenvalue weighted by molar-refractivity contribution is 6.37. The Labute approximate surface area is 103 Å². The number of amides is 1. The van der Waals surface area contributed by atoms with Gasteiger partial charge in [0.15, 0.2) is 0 Å². The van der Waals surface area contributed by atoms with Gasteiger partial charge in [-0.1, -0.05) is 23.2 Å². The number of carbonyl (C=O) groups is 2. The van der Waals surface area contributed by atoms with Gasteiger partial charge in [0.1, 0.15) is 5.78 Å². The van der Waals surface area contributed by atoms with Gasteiger partial charge in [-0.3, -0.25) is 9.59 Å². The predicted octanol–water partition coefficient (Wildman–Crippen LogP) is 2.69. The van der Waals surface area contributed by atoms with Gasteiger partial charge in [-0.25, -0.2) is 0 Å². The van der Waals surface area contributed by atoms with Crippen LogP contribution in [0.15, 0.2) is 18.2 Å². The lowest BCUT2D eigenvalue weighted by atomic mass is 10.1. The number of halogens is 2. The van der Waals surface area contributed by atoms with Crippen molar-refractivity contribution in [1.29, 1.82) is 0 Å². The van der Waals surface area contributed by atoms with Gasteiger partial charge in [0.2, 0.25) is 5.91 Å². The Morgan fingerprint density at radius 3 is 2.56 bits per heavy atom. The molecule has 5 heteroatoms. The van der Waals surface area contributed by atoms with Crippen molar-refractivity contribution in [1.82, 2.24) is 0 Å². The Kier molecular flexibility index (Phi) is 3.17. The van der Waals surface area contributed by atoms with Crippen LogP contribution in [0.5, 0.6) is 0 Å². The van der Waals surface area contributed by atoms with Gasteiger partial charge in [-0.05, 0) is 18.2 Å². The minimum absolute atomic E-state index is 0.0219. The third-order valence-electron chi connectivity index (χ3n) is 2.46. The zero-order valence-corrected chi connectivity index (χ0v) is 9.88. The molecule has 1 heterocycles. The molecule has 1 amide bonds. The van der Waals surface area contributed by atoms with Crippen molar-refractivity contribution >= 4 is 40.6 Å². The zero-order valence-electron chi connectivity index (χ0n) is 8.37. The second-order valence-electron chi connectivity index (χ2n) is 3.61. The number of Topliss-reactive ketones (excluding diaryl/α,β-unsaturated/α-hetero) is 1. The molecular formula is C11H9Cl2NO2. The van der Waals surface area contributed by atoms with E-state index < -0.39 is 0 Å². The molecule has 0 aromatic heterocycles. The summed E-state index contributed by atoms with van der Waals surface area (Å²) in [5.74, 6) is -0.230. The molecule has 2 rings (SSSR count). The first-order valence-corrected chi connectivity index (χ1v) is 5.60. The molecule has 0 unspecified atom stereocenters. The van der Waals surface area contributed by atoms with Gasteiger partial charge < -0.3 is 4.90 Å². The number of piperidine rings is 1. The molecular weight excluding hydrogens is 249 g/mol. The fourth-order valence-electron chi connectivity index (χ4n) is 1.67. The molecule has 1 aliphatic heterocycles. The minimum atomic E-state index is -0.208. The van der Waals surface area contributed by atoms with E-state index in [1.54, 1.807) is 18.2 Å². The molecule has 16 heavy (non-hydrogen) atoms. The molecule has 1 saturated heterocycles. The minimum Gasteiger partial charge on any atom is -0.310 e. The van der Waals surface area contributed by atoms with E-state index >= 15 is 0 Å². The molecule has 1 aromatic rings. The summed E-state index contributed by atoms with van der Waals surface area (Å²) < 4.78 is 0. The summed E-state index contributed by atoms with van der Waals surface area (Å²) >= 11 is 11.8. The first-order valence-electron chi connectivity index (χ1n) is 4.85. The first-order chi connectivity index (χ1) is 7.58. The van der Waals surface area contributed by atoms with E-state index in [1.807, 2.05) is 0 Å². The van der Waals surface area contributed by atoms with Crippen LogP contribution in [0.2, 0.25) is 10.0 Å². The highest BCUT2D eigenvalue weighted by Crippen LogP contribution is 2.30. The lowest BCUT2D eigenvalue weighted by Crippen LogP contribution is -2.39. The second kappa shape index (κ2) is 4.44. The predicted molar refractivity (Wildman–Crippen MR) is 63.1 cm³/mol. The van der Waals surface area contributed by atoms with Gasteiger partial charge in [0.05, 0.1) is 17.1 Å². The van der Waals surface area contributed by atoms with Crippen molar-refractivity contribution in [3.8, 4) is 0 Å². The number of ketones is 1. The summed E-state index contributed by atoms with van der Waals surface area (Å²) in [5, 5.41) is 0.949. The first kappa shape index (κ1) is 11.4. The van der Waals surface area contributed by atoms with Crippen molar-refractivity contribution < 1.29 is 9.59 Å². The maximum absolute atomic E-state index is 11.7. The standard InChI is InChI=1S/C11H9Cl2NO2/c12-7-1-2-10(9(13)5-7)14-4-3-8(15)6-11(14)16/h1-2,5H,3-4,6H2. The summed E-state index contributed by atoms with van der Waals surface area (Å²) in [6.07, 6.45) is 0.337. The second-order valence-corrected chi connectivity index (χ2v) is 4.45. The zero-order chi connectivity index (χ0) is 11.7. The van der Waals surface area contributed by atoms with Crippen molar-refractivity contribution in [2.24, 2.45) is 0 Å². The maximum Gasteiger partial charge on any atom is 0.234 e. The van der Waals surface area contributed by atoms with Gasteiger partial charge in [-0.15, -0.1) is 0 Å². The third kappa shape index (κ3) is 2.20. The van der Waals surface area contributed by atoms with E-state index in [-0.39, 0.29) is 18.1 Å². The fraction of sp³-hybridized carbons (Fsp3) is 0.273. The number of nitrogens with zero attached hydrogens (tertiary/aromatic N) is 1. The van der Waals surface area contributed by atoms with Gasteiger partial charge in [-0.2, -0.15) is 0 Å². The van der Waals surface area contributed by atoms with Crippen molar-refractivity contribution in [2.75, 3.05) is 11.4 Å². The molecule has 0 aliphatic carbocycles. The van der Waals surface area contributed by atoms with Crippen LogP contribution in [0.3, 0.4) is 0 Å². The van der Waals surface area contributed by atoms with E-state index in [4.69, 9.17) is 23.2 Å². The molecule has 1 aliphatic rings. The number of anilines is 1. The van der Waals surface area contributed by atoms with Crippen LogP contribution in [-0.4, -0.2) is 18.2 Å². The molecule has 0 spiro atoms. The molecule has 0 atom stereocenters. The summed E-state index contributed by atoms with van der Waals surface area (Å²) in [6, 6.07) is 4.95. The Bertz CT molecular complexity index is 459. The number of benzene rings is 1. The molecule has 3 nitrogen and oxygen atoms in total. The summed E-state index contributed by atoms with van der Waals surface area (Å²) in [6.45, 7) is 0.388. The van der Waals surface area contributed by atoms with E-state index in [9.17, 15) is 9.59 Å². The highest BCUT2D eigenvalue weighted by atomic mass is 35.5. The number of hydrogen-bond acceptors (Lipinski definition) is 2. The SMILES string of the molecule is O=C1CCN(c2ccc(Cl)cc2Cl)C(=O)C1. The number of carbonyl (C=O) groups excluding carboxylic acids is 2. The van der Waals surface area contributed by atoms with Gasteiger partial charge >= 0.3 is 0 Å². The van der Waals surface area contributed by atoms with Crippen LogP contribution in [0.1, 0.15) is 12.8 Å². The molecule has 1 fully saturated rings. The Morgan fingerprint density at radius 1 is 1.19 bits per heavy atom. The third-order valence-corrected chi connectivity index (χ3v) is 3.00. The van der Waals surface area contributed by atoms with Gasteiger partial charge in [0, 0.05) is 18.0 Å². The normalized spacial score (nSPS) is 16.8. The smallest absolute Gasteiger partial charge is 0.234 e. The Balaban J connectivity index is 2.30. The number of rotatable bonds is 1. The van der Waals surface area contributed by atoms with Crippen LogP contribution < -0.4 is 4.90 Å². The fourth-order valence-corrected chi connectivity index (χ4v) is 2.18. The molecule has 0 bridgehead atoms. The van der Waals surface area contributed by atoms with Crippen molar-refractivity contribution in [3.05, 3.63) is 28.2 Å². The molecule has 0 N–H and O–H groups in total. The van der Waals surface area contributed by atoms with Crippen LogP contribution in [0.25, 0.3) is 0 Å². The average molecular weight is 258 g/mol. The molecule has 84 valence electrons. The number of hydrogen-bond donors (Lipinski definition) is 0. The lowest BCUT2D eigenvalue weighted by molar-refractivity contribution is -0.128. The summed E-state index contributed by atoms with van der Waals surface area (Å²) in [7, 11) is 0. The topological polar surface area (TPSA) is 37.4 Å². The van der Waals surface area contributed by atoms with Crippen molar-refractivity contribution in [3.63, 3.8) is 0 Å². The maximum atomic E-state index is 11.7. The molecule has 0 radical (unpaired) electrons. The van der Waals surface area contributed by atoms with Crippen molar-refractivity contribution in [2.45, 2.75) is 12.8 Å². The monoisotopic (exact) mass is 257 g/mol. The molecule has 0 saturated carbocycles. The van der Waals surface area contributed by atoms with Crippen LogP contribution >= 0.6 is 23.2 Å². The molecule has 1 aromatic carbocycles.